The van der Waals surface area contributed by atoms with Crippen molar-refractivity contribution in [3.05, 3.63) is 23.8 Å². The Kier molecular flexibility index (Phi) is 3.46. The van der Waals surface area contributed by atoms with Crippen LogP contribution in [0.2, 0.25) is 0 Å². The summed E-state index contributed by atoms with van der Waals surface area (Å²) in [5, 5.41) is 12.1. The molecule has 19 heavy (non-hydrogen) atoms. The zero-order chi connectivity index (χ0) is 14.0. The molecule has 0 amide bonds. The number of anilines is 1. The lowest BCUT2D eigenvalue weighted by molar-refractivity contribution is 0.0697. The number of benzene rings is 1. The third-order valence-corrected chi connectivity index (χ3v) is 3.31. The van der Waals surface area contributed by atoms with Crippen LogP contribution >= 0.6 is 0 Å². The van der Waals surface area contributed by atoms with Crippen molar-refractivity contribution in [2.75, 3.05) is 11.9 Å². The first kappa shape index (κ1) is 13.4. The van der Waals surface area contributed by atoms with Crippen LogP contribution in [-0.2, 0) is 0 Å². The summed E-state index contributed by atoms with van der Waals surface area (Å²) in [6.07, 6.45) is 1.05. The van der Waals surface area contributed by atoms with Crippen molar-refractivity contribution in [3.8, 4) is 0 Å². The van der Waals surface area contributed by atoms with Gasteiger partial charge >= 0.3 is 5.97 Å². The van der Waals surface area contributed by atoms with Gasteiger partial charge < -0.3 is 14.8 Å². The van der Waals surface area contributed by atoms with Crippen molar-refractivity contribution < 1.29 is 14.3 Å². The fourth-order valence-corrected chi connectivity index (χ4v) is 1.57. The average molecular weight is 262 g/mol. The summed E-state index contributed by atoms with van der Waals surface area (Å²) < 4.78 is 5.51. The normalized spacial score (nSPS) is 11.7. The van der Waals surface area contributed by atoms with Crippen LogP contribution in [0.1, 0.15) is 37.6 Å². The molecule has 0 saturated heterocycles. The molecule has 0 atom stereocenters. The first-order valence-corrected chi connectivity index (χ1v) is 6.29. The van der Waals surface area contributed by atoms with Crippen molar-refractivity contribution in [2.24, 2.45) is 5.41 Å². The summed E-state index contributed by atoms with van der Waals surface area (Å²) in [5.41, 5.74) is 1.50. The molecule has 0 aliphatic carbocycles. The first-order valence-electron chi connectivity index (χ1n) is 6.29. The molecule has 0 bridgehead atoms. The molecular formula is C14H18N2O3. The minimum Gasteiger partial charge on any atom is -0.478 e. The zero-order valence-electron chi connectivity index (χ0n) is 11.4. The second-order valence-electron chi connectivity index (χ2n) is 5.38. The van der Waals surface area contributed by atoms with Crippen molar-refractivity contribution in [1.29, 1.82) is 0 Å². The molecular weight excluding hydrogens is 244 g/mol. The van der Waals surface area contributed by atoms with Gasteiger partial charge in [0.25, 0.3) is 6.01 Å². The molecule has 2 rings (SSSR count). The van der Waals surface area contributed by atoms with E-state index in [0.717, 1.165) is 13.0 Å². The molecule has 1 heterocycles. The van der Waals surface area contributed by atoms with Gasteiger partial charge in [0.05, 0.1) is 5.56 Å². The van der Waals surface area contributed by atoms with Crippen LogP contribution in [0.3, 0.4) is 0 Å². The number of nitrogens with one attached hydrogen (secondary N) is 1. The Morgan fingerprint density at radius 2 is 2.21 bits per heavy atom. The molecule has 1 aromatic heterocycles. The van der Waals surface area contributed by atoms with Gasteiger partial charge in [0.1, 0.15) is 5.52 Å². The Labute approximate surface area is 111 Å². The number of hydrogen-bond donors (Lipinski definition) is 2. The molecule has 2 N–H and O–H groups in total. The number of fused-ring (bicyclic) bond motifs is 1. The SMILES string of the molecule is CCC(C)(C)CNc1nc2ccc(C(=O)O)cc2o1. The van der Waals surface area contributed by atoms with E-state index in [9.17, 15) is 4.79 Å². The van der Waals surface area contributed by atoms with Gasteiger partial charge in [-0.25, -0.2) is 4.79 Å². The van der Waals surface area contributed by atoms with E-state index in [4.69, 9.17) is 9.52 Å². The maximum atomic E-state index is 10.9. The molecule has 2 aromatic rings. The van der Waals surface area contributed by atoms with Gasteiger partial charge in [0.2, 0.25) is 0 Å². The van der Waals surface area contributed by atoms with Gasteiger partial charge in [-0.05, 0) is 30.0 Å². The maximum Gasteiger partial charge on any atom is 0.335 e. The number of oxazole rings is 1. The Morgan fingerprint density at radius 3 is 2.84 bits per heavy atom. The zero-order valence-corrected chi connectivity index (χ0v) is 11.4. The summed E-state index contributed by atoms with van der Waals surface area (Å²) in [5.74, 6) is -0.972. The van der Waals surface area contributed by atoms with E-state index in [1.807, 2.05) is 0 Å². The quantitative estimate of drug-likeness (QED) is 0.864. The highest BCUT2D eigenvalue weighted by atomic mass is 16.4. The topological polar surface area (TPSA) is 75.4 Å². The monoisotopic (exact) mass is 262 g/mol. The molecule has 5 nitrogen and oxygen atoms in total. The van der Waals surface area contributed by atoms with Crippen molar-refractivity contribution in [2.45, 2.75) is 27.2 Å². The highest BCUT2D eigenvalue weighted by molar-refractivity contribution is 5.92. The number of aromatic carboxylic acids is 1. The molecule has 0 radical (unpaired) electrons. The Balaban J connectivity index is 2.20. The number of hydrogen-bond acceptors (Lipinski definition) is 4. The predicted molar refractivity (Wildman–Crippen MR) is 73.5 cm³/mol. The fraction of sp³-hybridized carbons (Fsp3) is 0.429. The lowest BCUT2D eigenvalue weighted by Gasteiger charge is -2.21. The molecule has 102 valence electrons. The number of carboxylic acids is 1. The van der Waals surface area contributed by atoms with Crippen LogP contribution in [0.15, 0.2) is 22.6 Å². The molecule has 0 aliphatic rings. The number of nitrogens with zero attached hydrogens (tertiary/aromatic N) is 1. The minimum atomic E-state index is -0.972. The lowest BCUT2D eigenvalue weighted by Crippen LogP contribution is -2.22. The Bertz CT molecular complexity index is 602. The highest BCUT2D eigenvalue weighted by Crippen LogP contribution is 2.23. The second-order valence-corrected chi connectivity index (χ2v) is 5.38. The van der Waals surface area contributed by atoms with Gasteiger partial charge in [-0.1, -0.05) is 20.8 Å². The number of carbonyl (C=O) groups is 1. The summed E-state index contributed by atoms with van der Waals surface area (Å²) in [6, 6.07) is 5.09. The van der Waals surface area contributed by atoms with Crippen LogP contribution in [0.25, 0.3) is 11.1 Å². The van der Waals surface area contributed by atoms with Crippen molar-refractivity contribution in [3.63, 3.8) is 0 Å². The molecule has 5 heteroatoms. The maximum absolute atomic E-state index is 10.9. The lowest BCUT2D eigenvalue weighted by atomic mass is 9.90. The van der Waals surface area contributed by atoms with Crippen molar-refractivity contribution in [1.82, 2.24) is 4.98 Å². The smallest absolute Gasteiger partial charge is 0.335 e. The summed E-state index contributed by atoms with van der Waals surface area (Å²) >= 11 is 0. The standard InChI is InChI=1S/C14H18N2O3/c1-4-14(2,3)8-15-13-16-10-6-5-9(12(17)18)7-11(10)19-13/h5-7H,4,8H2,1-3H3,(H,15,16)(H,17,18). The summed E-state index contributed by atoms with van der Waals surface area (Å²) in [4.78, 5) is 15.1. The minimum absolute atomic E-state index is 0.160. The predicted octanol–water partition coefficient (Wildman–Crippen LogP) is 3.37. The van der Waals surface area contributed by atoms with Crippen LogP contribution < -0.4 is 5.32 Å². The van der Waals surface area contributed by atoms with Crippen LogP contribution in [0.4, 0.5) is 6.01 Å². The van der Waals surface area contributed by atoms with Crippen LogP contribution in [0.5, 0.6) is 0 Å². The van der Waals surface area contributed by atoms with E-state index in [2.05, 4.69) is 31.1 Å². The van der Waals surface area contributed by atoms with Gasteiger partial charge in [-0.3, -0.25) is 0 Å². The number of carboxylic acid groups (broad SMARTS) is 1. The summed E-state index contributed by atoms with van der Waals surface area (Å²) in [6.45, 7) is 7.20. The van der Waals surface area contributed by atoms with Gasteiger partial charge in [-0.2, -0.15) is 4.98 Å². The number of aromatic nitrogens is 1. The van der Waals surface area contributed by atoms with E-state index in [0.29, 0.717) is 17.1 Å². The molecule has 0 saturated carbocycles. The van der Waals surface area contributed by atoms with Crippen molar-refractivity contribution >= 4 is 23.1 Å². The average Bonchev–Trinajstić information content (AvgIpc) is 2.78. The molecule has 0 spiro atoms. The van der Waals surface area contributed by atoms with Crippen LogP contribution in [-0.4, -0.2) is 22.6 Å². The van der Waals surface area contributed by atoms with E-state index in [1.165, 1.54) is 12.1 Å². The van der Waals surface area contributed by atoms with E-state index >= 15 is 0 Å². The fourth-order valence-electron chi connectivity index (χ4n) is 1.57. The Hall–Kier alpha value is -2.04. The van der Waals surface area contributed by atoms with E-state index in [1.54, 1.807) is 6.07 Å². The van der Waals surface area contributed by atoms with Gasteiger partial charge in [-0.15, -0.1) is 0 Å². The molecule has 0 unspecified atom stereocenters. The molecule has 0 fully saturated rings. The second kappa shape index (κ2) is 4.91. The first-order chi connectivity index (χ1) is 8.91. The van der Waals surface area contributed by atoms with Gasteiger partial charge in [0, 0.05) is 6.54 Å². The number of rotatable bonds is 5. The Morgan fingerprint density at radius 1 is 1.47 bits per heavy atom. The highest BCUT2D eigenvalue weighted by Gasteiger charge is 2.16. The van der Waals surface area contributed by atoms with E-state index in [-0.39, 0.29) is 11.0 Å². The molecule has 0 aliphatic heterocycles. The largest absolute Gasteiger partial charge is 0.478 e. The van der Waals surface area contributed by atoms with Gasteiger partial charge in [0.15, 0.2) is 5.58 Å². The molecule has 1 aromatic carbocycles. The third-order valence-electron chi connectivity index (χ3n) is 3.31. The third kappa shape index (κ3) is 3.05. The summed E-state index contributed by atoms with van der Waals surface area (Å²) in [7, 11) is 0. The van der Waals surface area contributed by atoms with E-state index < -0.39 is 5.97 Å². The van der Waals surface area contributed by atoms with Crippen LogP contribution in [0, 0.1) is 5.41 Å².